The molecule has 0 radical (unpaired) electrons. The SMILES string of the molecule is CNC(=O)c1ccc(CN(C)CN2C(=O)C(=O)c3cc(Cl)cc(Cl)c32)cc1. The molecule has 0 unspecified atom stereocenters. The number of fused-ring (bicyclic) bond motifs is 1. The van der Waals surface area contributed by atoms with Crippen molar-refractivity contribution in [1.29, 1.82) is 0 Å². The third kappa shape index (κ3) is 3.83. The molecule has 27 heavy (non-hydrogen) atoms. The van der Waals surface area contributed by atoms with Gasteiger partial charge in [0.15, 0.2) is 0 Å². The van der Waals surface area contributed by atoms with Gasteiger partial charge in [-0.2, -0.15) is 0 Å². The third-order valence-corrected chi connectivity index (χ3v) is 4.77. The van der Waals surface area contributed by atoms with Crippen molar-refractivity contribution < 1.29 is 14.4 Å². The maximum Gasteiger partial charge on any atom is 0.300 e. The van der Waals surface area contributed by atoms with Crippen LogP contribution in [0.25, 0.3) is 0 Å². The van der Waals surface area contributed by atoms with Gasteiger partial charge >= 0.3 is 5.91 Å². The molecular formula is C19H17Cl2N3O3. The highest BCUT2D eigenvalue weighted by molar-refractivity contribution is 6.54. The fraction of sp³-hybridized carbons (Fsp3) is 0.211. The van der Waals surface area contributed by atoms with Crippen molar-refractivity contribution in [3.63, 3.8) is 0 Å². The molecule has 1 N–H and O–H groups in total. The Balaban J connectivity index is 1.75. The molecule has 0 saturated carbocycles. The largest absolute Gasteiger partial charge is 0.355 e. The summed E-state index contributed by atoms with van der Waals surface area (Å²) in [5.74, 6) is -1.39. The van der Waals surface area contributed by atoms with Crippen LogP contribution in [0, 0.1) is 0 Å². The van der Waals surface area contributed by atoms with Crippen molar-refractivity contribution in [2.45, 2.75) is 6.54 Å². The molecular weight excluding hydrogens is 389 g/mol. The molecule has 1 aliphatic rings. The third-order valence-electron chi connectivity index (χ3n) is 4.26. The van der Waals surface area contributed by atoms with E-state index in [9.17, 15) is 14.4 Å². The molecule has 8 heteroatoms. The molecule has 140 valence electrons. The van der Waals surface area contributed by atoms with Crippen molar-refractivity contribution in [1.82, 2.24) is 10.2 Å². The molecule has 3 rings (SSSR count). The normalized spacial score (nSPS) is 13.3. The highest BCUT2D eigenvalue weighted by Crippen LogP contribution is 2.38. The molecule has 0 atom stereocenters. The quantitative estimate of drug-likeness (QED) is 0.776. The number of nitrogens with one attached hydrogen (secondary N) is 1. The van der Waals surface area contributed by atoms with E-state index in [0.29, 0.717) is 22.8 Å². The number of hydrogen-bond donors (Lipinski definition) is 1. The van der Waals surface area contributed by atoms with E-state index in [4.69, 9.17) is 23.2 Å². The van der Waals surface area contributed by atoms with E-state index >= 15 is 0 Å². The van der Waals surface area contributed by atoms with Crippen LogP contribution in [0.3, 0.4) is 0 Å². The van der Waals surface area contributed by atoms with Crippen LogP contribution >= 0.6 is 23.2 Å². The Morgan fingerprint density at radius 1 is 1.15 bits per heavy atom. The van der Waals surface area contributed by atoms with Gasteiger partial charge in [0.05, 0.1) is 22.9 Å². The summed E-state index contributed by atoms with van der Waals surface area (Å²) in [4.78, 5) is 39.4. The van der Waals surface area contributed by atoms with Gasteiger partial charge in [-0.15, -0.1) is 0 Å². The van der Waals surface area contributed by atoms with E-state index in [1.54, 1.807) is 19.2 Å². The number of carbonyl (C=O) groups is 3. The fourth-order valence-electron chi connectivity index (χ4n) is 3.00. The zero-order chi connectivity index (χ0) is 19.7. The molecule has 2 amide bonds. The second-order valence-electron chi connectivity index (χ2n) is 6.28. The molecule has 0 fully saturated rings. The highest BCUT2D eigenvalue weighted by atomic mass is 35.5. The van der Waals surface area contributed by atoms with Gasteiger partial charge in [0, 0.05) is 24.2 Å². The minimum absolute atomic E-state index is 0.152. The fourth-order valence-corrected chi connectivity index (χ4v) is 3.59. The summed E-state index contributed by atoms with van der Waals surface area (Å²) in [7, 11) is 3.40. The molecule has 0 aliphatic carbocycles. The summed E-state index contributed by atoms with van der Waals surface area (Å²) in [5, 5.41) is 3.15. The maximum atomic E-state index is 12.4. The van der Waals surface area contributed by atoms with Gasteiger partial charge in [0.1, 0.15) is 0 Å². The number of hydrogen-bond acceptors (Lipinski definition) is 4. The number of carbonyl (C=O) groups excluding carboxylic acids is 3. The van der Waals surface area contributed by atoms with Crippen molar-refractivity contribution in [3.8, 4) is 0 Å². The van der Waals surface area contributed by atoms with E-state index in [-0.39, 0.29) is 23.2 Å². The van der Waals surface area contributed by atoms with Gasteiger partial charge in [-0.1, -0.05) is 35.3 Å². The molecule has 0 bridgehead atoms. The predicted octanol–water partition coefficient (Wildman–Crippen LogP) is 2.97. The average molecular weight is 406 g/mol. The number of rotatable bonds is 5. The summed E-state index contributed by atoms with van der Waals surface area (Å²) in [6.45, 7) is 0.711. The monoisotopic (exact) mass is 405 g/mol. The van der Waals surface area contributed by atoms with Gasteiger partial charge < -0.3 is 5.32 Å². The Hall–Kier alpha value is -2.41. The first-order valence-electron chi connectivity index (χ1n) is 8.16. The van der Waals surface area contributed by atoms with Crippen molar-refractivity contribution in [2.24, 2.45) is 0 Å². The van der Waals surface area contributed by atoms with Crippen LogP contribution in [0.5, 0.6) is 0 Å². The van der Waals surface area contributed by atoms with E-state index in [0.717, 1.165) is 5.56 Å². The molecule has 1 heterocycles. The molecule has 0 spiro atoms. The maximum absolute atomic E-state index is 12.4. The van der Waals surface area contributed by atoms with Crippen LogP contribution in [0.4, 0.5) is 5.69 Å². The summed E-state index contributed by atoms with van der Waals surface area (Å²) >= 11 is 12.2. The highest BCUT2D eigenvalue weighted by Gasteiger charge is 2.38. The van der Waals surface area contributed by atoms with Crippen molar-refractivity contribution >= 4 is 46.5 Å². The van der Waals surface area contributed by atoms with Crippen molar-refractivity contribution in [3.05, 3.63) is 63.1 Å². The van der Waals surface area contributed by atoms with E-state index < -0.39 is 11.7 Å². The van der Waals surface area contributed by atoms with Gasteiger partial charge in [0.2, 0.25) is 0 Å². The first-order chi connectivity index (χ1) is 12.8. The molecule has 2 aromatic carbocycles. The minimum atomic E-state index is -0.629. The summed E-state index contributed by atoms with van der Waals surface area (Å²) in [6, 6.07) is 10.1. The summed E-state index contributed by atoms with van der Waals surface area (Å²) in [6.07, 6.45) is 0. The molecule has 0 saturated heterocycles. The minimum Gasteiger partial charge on any atom is -0.355 e. The number of amides is 2. The van der Waals surface area contributed by atoms with Crippen molar-refractivity contribution in [2.75, 3.05) is 25.7 Å². The van der Waals surface area contributed by atoms with Gasteiger partial charge in [-0.3, -0.25) is 24.2 Å². The lowest BCUT2D eigenvalue weighted by Crippen LogP contribution is -2.39. The Labute approximate surface area is 166 Å². The van der Waals surface area contributed by atoms with Crippen LogP contribution in [0.2, 0.25) is 10.0 Å². The Kier molecular flexibility index (Phi) is 5.51. The van der Waals surface area contributed by atoms with Gasteiger partial charge in [0.25, 0.3) is 11.7 Å². The van der Waals surface area contributed by atoms with Crippen LogP contribution in [-0.2, 0) is 11.3 Å². The topological polar surface area (TPSA) is 69.7 Å². The predicted molar refractivity (Wildman–Crippen MR) is 104 cm³/mol. The number of anilines is 1. The molecule has 0 aromatic heterocycles. The number of nitrogens with zero attached hydrogens (tertiary/aromatic N) is 2. The molecule has 2 aromatic rings. The number of ketones is 1. The first kappa shape index (κ1) is 19.4. The lowest BCUT2D eigenvalue weighted by molar-refractivity contribution is -0.114. The first-order valence-corrected chi connectivity index (χ1v) is 8.92. The second-order valence-corrected chi connectivity index (χ2v) is 7.12. The zero-order valence-electron chi connectivity index (χ0n) is 14.8. The smallest absolute Gasteiger partial charge is 0.300 e. The van der Waals surface area contributed by atoms with Crippen LogP contribution in [0.15, 0.2) is 36.4 Å². The Morgan fingerprint density at radius 2 is 1.81 bits per heavy atom. The standard InChI is InChI=1S/C19H17Cl2N3O3/c1-22-18(26)12-5-3-11(4-6-12)9-23(2)10-24-16-14(17(25)19(24)27)7-13(20)8-15(16)21/h3-8H,9-10H2,1-2H3,(H,22,26). The number of Topliss-reactive ketones (excluding diaryl/α,β-unsaturated/α-hetero) is 1. The van der Waals surface area contributed by atoms with Gasteiger partial charge in [-0.25, -0.2) is 0 Å². The van der Waals surface area contributed by atoms with Crippen LogP contribution in [-0.4, -0.2) is 43.3 Å². The Bertz CT molecular complexity index is 929. The lowest BCUT2D eigenvalue weighted by atomic mass is 10.1. The molecule has 1 aliphatic heterocycles. The van der Waals surface area contributed by atoms with Gasteiger partial charge in [-0.05, 0) is 36.9 Å². The van der Waals surface area contributed by atoms with Crippen LogP contribution in [0.1, 0.15) is 26.3 Å². The summed E-state index contributed by atoms with van der Waals surface area (Å²) < 4.78 is 0. The lowest BCUT2D eigenvalue weighted by Gasteiger charge is -2.25. The average Bonchev–Trinajstić information content (AvgIpc) is 2.86. The summed E-state index contributed by atoms with van der Waals surface area (Å²) in [5.41, 5.74) is 2.14. The Morgan fingerprint density at radius 3 is 2.44 bits per heavy atom. The van der Waals surface area contributed by atoms with E-state index in [1.165, 1.54) is 17.0 Å². The molecule has 6 nitrogen and oxygen atoms in total. The second kappa shape index (κ2) is 7.68. The number of halogens is 2. The van der Waals surface area contributed by atoms with E-state index in [1.807, 2.05) is 24.1 Å². The van der Waals surface area contributed by atoms with Crippen LogP contribution < -0.4 is 10.2 Å². The zero-order valence-corrected chi connectivity index (χ0v) is 16.3. The van der Waals surface area contributed by atoms with E-state index in [2.05, 4.69) is 5.32 Å². The number of benzene rings is 2.